The van der Waals surface area contributed by atoms with Gasteiger partial charge in [0.15, 0.2) is 17.3 Å². The Kier molecular flexibility index (Phi) is 4.74. The number of piperidine rings is 1. The molecule has 0 N–H and O–H groups in total. The van der Waals surface area contributed by atoms with E-state index in [4.69, 9.17) is 14.5 Å². The molecule has 0 aliphatic carbocycles. The molecule has 144 valence electrons. The van der Waals surface area contributed by atoms with E-state index in [0.29, 0.717) is 19.0 Å². The van der Waals surface area contributed by atoms with E-state index in [9.17, 15) is 4.79 Å². The standard InChI is InChI=1S/C22H22N2O3S/c25-22(16-5-6-18-19(13-16)27-12-11-26-18)15-7-9-24(10-8-15)14-21-23-17-3-1-2-4-20(17)28-21/h1-6,13,15H,7-12,14H2. The van der Waals surface area contributed by atoms with Gasteiger partial charge in [-0.1, -0.05) is 12.1 Å². The van der Waals surface area contributed by atoms with Gasteiger partial charge in [0.2, 0.25) is 0 Å². The number of ether oxygens (including phenoxy) is 2. The van der Waals surface area contributed by atoms with E-state index in [1.54, 1.807) is 11.3 Å². The van der Waals surface area contributed by atoms with Crippen molar-refractivity contribution < 1.29 is 14.3 Å². The highest BCUT2D eigenvalue weighted by molar-refractivity contribution is 7.18. The highest BCUT2D eigenvalue weighted by Crippen LogP contribution is 2.33. The Balaban J connectivity index is 1.21. The van der Waals surface area contributed by atoms with E-state index in [1.807, 2.05) is 24.3 Å². The number of rotatable bonds is 4. The molecule has 5 rings (SSSR count). The highest BCUT2D eigenvalue weighted by Gasteiger charge is 2.27. The summed E-state index contributed by atoms with van der Waals surface area (Å²) < 4.78 is 12.4. The van der Waals surface area contributed by atoms with Gasteiger partial charge < -0.3 is 9.47 Å². The van der Waals surface area contributed by atoms with E-state index in [1.165, 1.54) is 4.70 Å². The lowest BCUT2D eigenvalue weighted by molar-refractivity contribution is 0.0833. The number of para-hydroxylation sites is 1. The largest absolute Gasteiger partial charge is 0.486 e. The number of thiazole rings is 1. The van der Waals surface area contributed by atoms with Crippen LogP contribution in [0, 0.1) is 5.92 Å². The van der Waals surface area contributed by atoms with Crippen LogP contribution in [0.5, 0.6) is 11.5 Å². The average molecular weight is 394 g/mol. The summed E-state index contributed by atoms with van der Waals surface area (Å²) in [6.45, 7) is 3.82. The van der Waals surface area contributed by atoms with Crippen LogP contribution in [0.3, 0.4) is 0 Å². The normalized spacial score (nSPS) is 17.7. The van der Waals surface area contributed by atoms with Crippen molar-refractivity contribution in [3.8, 4) is 11.5 Å². The Bertz CT molecular complexity index is 975. The third-order valence-corrected chi connectivity index (χ3v) is 6.50. The summed E-state index contributed by atoms with van der Waals surface area (Å²) in [5.41, 5.74) is 1.81. The predicted octanol–water partition coefficient (Wildman–Crippen LogP) is 4.16. The summed E-state index contributed by atoms with van der Waals surface area (Å²) in [7, 11) is 0. The molecule has 0 bridgehead atoms. The third kappa shape index (κ3) is 3.50. The Morgan fingerprint density at radius 1 is 1.07 bits per heavy atom. The van der Waals surface area contributed by atoms with Gasteiger partial charge in [-0.25, -0.2) is 4.98 Å². The van der Waals surface area contributed by atoms with Gasteiger partial charge in [0.05, 0.1) is 16.8 Å². The van der Waals surface area contributed by atoms with Crippen molar-refractivity contribution >= 4 is 27.3 Å². The lowest BCUT2D eigenvalue weighted by Crippen LogP contribution is -2.36. The maximum Gasteiger partial charge on any atom is 0.166 e. The fourth-order valence-electron chi connectivity index (χ4n) is 3.96. The molecule has 0 radical (unpaired) electrons. The van der Waals surface area contributed by atoms with E-state index in [0.717, 1.165) is 54.3 Å². The van der Waals surface area contributed by atoms with Crippen LogP contribution >= 0.6 is 11.3 Å². The van der Waals surface area contributed by atoms with Crippen molar-refractivity contribution in [3.63, 3.8) is 0 Å². The Morgan fingerprint density at radius 2 is 1.86 bits per heavy atom. The van der Waals surface area contributed by atoms with Gasteiger partial charge in [-0.05, 0) is 56.3 Å². The molecule has 0 spiro atoms. The van der Waals surface area contributed by atoms with Crippen LogP contribution in [-0.4, -0.2) is 42.0 Å². The van der Waals surface area contributed by atoms with E-state index >= 15 is 0 Å². The smallest absolute Gasteiger partial charge is 0.166 e. The molecule has 5 nitrogen and oxygen atoms in total. The molecule has 3 aromatic rings. The minimum absolute atomic E-state index is 0.0779. The third-order valence-electron chi connectivity index (χ3n) is 5.48. The van der Waals surface area contributed by atoms with E-state index in [2.05, 4.69) is 23.1 Å². The van der Waals surface area contributed by atoms with Gasteiger partial charge in [-0.15, -0.1) is 11.3 Å². The summed E-state index contributed by atoms with van der Waals surface area (Å²) in [5, 5.41) is 1.15. The molecule has 1 fully saturated rings. The number of hydrogen-bond donors (Lipinski definition) is 0. The second-order valence-corrected chi connectivity index (χ2v) is 8.46. The first kappa shape index (κ1) is 17.6. The maximum absolute atomic E-state index is 12.9. The molecule has 2 aliphatic rings. The number of aromatic nitrogens is 1. The van der Waals surface area contributed by atoms with Crippen LogP contribution in [-0.2, 0) is 6.54 Å². The number of fused-ring (bicyclic) bond motifs is 2. The number of nitrogens with zero attached hydrogens (tertiary/aromatic N) is 2. The molecule has 0 unspecified atom stereocenters. The van der Waals surface area contributed by atoms with Crippen LogP contribution in [0.15, 0.2) is 42.5 Å². The molecule has 1 aromatic heterocycles. The molecule has 0 atom stereocenters. The number of ketones is 1. The Labute approximate surface area is 167 Å². The van der Waals surface area contributed by atoms with Gasteiger partial charge in [-0.2, -0.15) is 0 Å². The molecule has 2 aromatic carbocycles. The topological polar surface area (TPSA) is 51.7 Å². The van der Waals surface area contributed by atoms with Crippen LogP contribution in [0.25, 0.3) is 10.2 Å². The Hall–Kier alpha value is -2.44. The number of likely N-dealkylation sites (tertiary alicyclic amines) is 1. The van der Waals surface area contributed by atoms with E-state index < -0.39 is 0 Å². The predicted molar refractivity (Wildman–Crippen MR) is 109 cm³/mol. The zero-order valence-corrected chi connectivity index (χ0v) is 16.4. The first-order chi connectivity index (χ1) is 13.8. The number of hydrogen-bond acceptors (Lipinski definition) is 6. The number of Topliss-reactive ketones (excluding diaryl/α,β-unsaturated/α-hetero) is 1. The monoisotopic (exact) mass is 394 g/mol. The summed E-state index contributed by atoms with van der Waals surface area (Å²) in [6.07, 6.45) is 1.77. The lowest BCUT2D eigenvalue weighted by atomic mass is 9.88. The molecule has 2 aliphatic heterocycles. The molecule has 6 heteroatoms. The second kappa shape index (κ2) is 7.53. The van der Waals surface area contributed by atoms with Crippen molar-refractivity contribution in [1.29, 1.82) is 0 Å². The van der Waals surface area contributed by atoms with Crippen LogP contribution in [0.4, 0.5) is 0 Å². The fraction of sp³-hybridized carbons (Fsp3) is 0.364. The molecule has 3 heterocycles. The summed E-state index contributed by atoms with van der Waals surface area (Å²) >= 11 is 1.76. The molecule has 0 saturated carbocycles. The number of carbonyl (C=O) groups excluding carboxylic acids is 1. The molecular weight excluding hydrogens is 372 g/mol. The van der Waals surface area contributed by atoms with E-state index in [-0.39, 0.29) is 11.7 Å². The molecule has 28 heavy (non-hydrogen) atoms. The van der Waals surface area contributed by atoms with Crippen LogP contribution in [0.2, 0.25) is 0 Å². The first-order valence-corrected chi connectivity index (χ1v) is 10.6. The van der Waals surface area contributed by atoms with Crippen molar-refractivity contribution in [3.05, 3.63) is 53.0 Å². The average Bonchev–Trinajstić information content (AvgIpc) is 3.16. The van der Waals surface area contributed by atoms with Gasteiger partial charge >= 0.3 is 0 Å². The van der Waals surface area contributed by atoms with Crippen LogP contribution in [0.1, 0.15) is 28.2 Å². The van der Waals surface area contributed by atoms with Crippen molar-refractivity contribution in [1.82, 2.24) is 9.88 Å². The quantitative estimate of drug-likeness (QED) is 0.622. The highest BCUT2D eigenvalue weighted by atomic mass is 32.1. The minimum atomic E-state index is 0.0779. The van der Waals surface area contributed by atoms with Crippen molar-refractivity contribution in [2.45, 2.75) is 19.4 Å². The minimum Gasteiger partial charge on any atom is -0.486 e. The SMILES string of the molecule is O=C(c1ccc2c(c1)OCCO2)C1CCN(Cc2nc3ccccc3s2)CC1. The zero-order chi connectivity index (χ0) is 18.9. The number of benzene rings is 2. The zero-order valence-electron chi connectivity index (χ0n) is 15.6. The maximum atomic E-state index is 12.9. The second-order valence-electron chi connectivity index (χ2n) is 7.35. The van der Waals surface area contributed by atoms with Gasteiger partial charge in [-0.3, -0.25) is 9.69 Å². The summed E-state index contributed by atoms with van der Waals surface area (Å²) in [6, 6.07) is 13.8. The summed E-state index contributed by atoms with van der Waals surface area (Å²) in [4.78, 5) is 20.1. The molecular formula is C22H22N2O3S. The lowest BCUT2D eigenvalue weighted by Gasteiger charge is -2.30. The van der Waals surface area contributed by atoms with Crippen molar-refractivity contribution in [2.75, 3.05) is 26.3 Å². The van der Waals surface area contributed by atoms with Gasteiger partial charge in [0, 0.05) is 11.5 Å². The van der Waals surface area contributed by atoms with Crippen LogP contribution < -0.4 is 9.47 Å². The fourth-order valence-corrected chi connectivity index (χ4v) is 4.97. The molecule has 1 saturated heterocycles. The van der Waals surface area contributed by atoms with Gasteiger partial charge in [0.1, 0.15) is 18.2 Å². The molecule has 0 amide bonds. The summed E-state index contributed by atoms with van der Waals surface area (Å²) in [5.74, 6) is 1.71. The number of carbonyl (C=O) groups is 1. The Morgan fingerprint density at radius 3 is 2.68 bits per heavy atom. The first-order valence-electron chi connectivity index (χ1n) is 9.77. The van der Waals surface area contributed by atoms with Crippen molar-refractivity contribution in [2.24, 2.45) is 5.92 Å². The van der Waals surface area contributed by atoms with Gasteiger partial charge in [0.25, 0.3) is 0 Å².